The standard InChI is InChI=1S/C20H37NO2/c1-19(2)15-10-11-20(19,3)18(12-15)23-14-17(22)13-21(4)16-8-6-5-7-9-16/h15-18,22H,5-14H2,1-4H3. The van der Waals surface area contributed by atoms with E-state index in [4.69, 9.17) is 4.74 Å². The fourth-order valence-corrected chi connectivity index (χ4v) is 5.67. The third kappa shape index (κ3) is 3.21. The van der Waals surface area contributed by atoms with Crippen LogP contribution in [0.3, 0.4) is 0 Å². The molecule has 0 aromatic rings. The average Bonchev–Trinajstić information content (AvgIpc) is 2.86. The fraction of sp³-hybridized carbons (Fsp3) is 1.00. The molecule has 3 nitrogen and oxygen atoms in total. The van der Waals surface area contributed by atoms with E-state index in [1.165, 1.54) is 51.4 Å². The van der Waals surface area contributed by atoms with Gasteiger partial charge in [-0.2, -0.15) is 0 Å². The maximum Gasteiger partial charge on any atom is 0.0900 e. The molecule has 0 saturated heterocycles. The van der Waals surface area contributed by atoms with Gasteiger partial charge in [-0.25, -0.2) is 0 Å². The topological polar surface area (TPSA) is 32.7 Å². The van der Waals surface area contributed by atoms with Crippen LogP contribution in [0.15, 0.2) is 0 Å². The van der Waals surface area contributed by atoms with Crippen LogP contribution in [0.25, 0.3) is 0 Å². The molecule has 3 rings (SSSR count). The molecule has 0 amide bonds. The zero-order chi connectivity index (χ0) is 16.7. The van der Waals surface area contributed by atoms with Crippen LogP contribution in [0.2, 0.25) is 0 Å². The Hall–Kier alpha value is -0.120. The first-order valence-electron chi connectivity index (χ1n) is 9.84. The average molecular weight is 324 g/mol. The Labute approximate surface area is 142 Å². The lowest BCUT2D eigenvalue weighted by Gasteiger charge is -2.39. The van der Waals surface area contributed by atoms with Crippen LogP contribution in [-0.2, 0) is 4.74 Å². The van der Waals surface area contributed by atoms with Gasteiger partial charge in [0.1, 0.15) is 0 Å². The summed E-state index contributed by atoms with van der Waals surface area (Å²) < 4.78 is 6.25. The Balaban J connectivity index is 1.45. The molecule has 0 heterocycles. The maximum atomic E-state index is 10.4. The molecule has 23 heavy (non-hydrogen) atoms. The van der Waals surface area contributed by atoms with Crippen molar-refractivity contribution < 1.29 is 9.84 Å². The van der Waals surface area contributed by atoms with E-state index in [-0.39, 0.29) is 6.10 Å². The highest BCUT2D eigenvalue weighted by molar-refractivity contribution is 5.11. The highest BCUT2D eigenvalue weighted by atomic mass is 16.5. The van der Waals surface area contributed by atoms with E-state index >= 15 is 0 Å². The van der Waals surface area contributed by atoms with E-state index in [0.29, 0.717) is 29.6 Å². The maximum absolute atomic E-state index is 10.4. The first kappa shape index (κ1) is 17.7. The van der Waals surface area contributed by atoms with Crippen LogP contribution < -0.4 is 0 Å². The van der Waals surface area contributed by atoms with Crippen molar-refractivity contribution in [3.63, 3.8) is 0 Å². The van der Waals surface area contributed by atoms with E-state index in [0.717, 1.165) is 12.5 Å². The van der Waals surface area contributed by atoms with Gasteiger partial charge in [0.05, 0.1) is 18.8 Å². The lowest BCUT2D eigenvalue weighted by atomic mass is 9.70. The summed E-state index contributed by atoms with van der Waals surface area (Å²) in [6, 6.07) is 0.664. The molecule has 0 radical (unpaired) electrons. The second kappa shape index (κ2) is 6.65. The van der Waals surface area contributed by atoms with Crippen molar-refractivity contribution >= 4 is 0 Å². The second-order valence-corrected chi connectivity index (χ2v) is 9.32. The molecule has 3 saturated carbocycles. The summed E-state index contributed by atoms with van der Waals surface area (Å²) in [6.07, 6.45) is 10.5. The molecule has 0 spiro atoms. The number of hydrogen-bond donors (Lipinski definition) is 1. The SMILES string of the molecule is CN(CC(O)COC1CC2CCC1(C)C2(C)C)C1CCCCC1. The third-order valence-corrected chi connectivity index (χ3v) is 7.90. The number of aliphatic hydroxyl groups is 1. The summed E-state index contributed by atoms with van der Waals surface area (Å²) in [6.45, 7) is 8.49. The van der Waals surface area contributed by atoms with Crippen LogP contribution in [0.4, 0.5) is 0 Å². The van der Waals surface area contributed by atoms with Crippen molar-refractivity contribution in [2.75, 3.05) is 20.2 Å². The van der Waals surface area contributed by atoms with Gasteiger partial charge in [0.2, 0.25) is 0 Å². The normalized spacial score (nSPS) is 38.3. The molecule has 1 N–H and O–H groups in total. The summed E-state index contributed by atoms with van der Waals surface area (Å²) in [5.41, 5.74) is 0.689. The first-order chi connectivity index (χ1) is 10.8. The van der Waals surface area contributed by atoms with E-state index in [9.17, 15) is 5.11 Å². The molecular formula is C20H37NO2. The summed E-state index contributed by atoms with van der Waals surface area (Å²) >= 11 is 0. The molecule has 0 aromatic heterocycles. The van der Waals surface area contributed by atoms with E-state index in [2.05, 4.69) is 32.7 Å². The molecular weight excluding hydrogens is 286 g/mol. The van der Waals surface area contributed by atoms with Gasteiger partial charge >= 0.3 is 0 Å². The van der Waals surface area contributed by atoms with Gasteiger partial charge in [0.25, 0.3) is 0 Å². The third-order valence-electron chi connectivity index (χ3n) is 7.90. The largest absolute Gasteiger partial charge is 0.389 e. The van der Waals surface area contributed by atoms with Gasteiger partial charge in [-0.15, -0.1) is 0 Å². The minimum atomic E-state index is -0.354. The summed E-state index contributed by atoms with van der Waals surface area (Å²) in [5.74, 6) is 0.805. The van der Waals surface area contributed by atoms with Crippen molar-refractivity contribution in [1.82, 2.24) is 4.90 Å². The van der Waals surface area contributed by atoms with Crippen molar-refractivity contribution in [3.8, 4) is 0 Å². The molecule has 0 aromatic carbocycles. The fourth-order valence-electron chi connectivity index (χ4n) is 5.67. The van der Waals surface area contributed by atoms with Gasteiger partial charge in [0, 0.05) is 12.6 Å². The van der Waals surface area contributed by atoms with Crippen molar-refractivity contribution in [1.29, 1.82) is 0 Å². The minimum absolute atomic E-state index is 0.298. The first-order valence-corrected chi connectivity index (χ1v) is 9.84. The number of fused-ring (bicyclic) bond motifs is 2. The number of likely N-dealkylation sites (N-methyl/N-ethyl adjacent to an activating group) is 1. The lowest BCUT2D eigenvalue weighted by molar-refractivity contribution is -0.0802. The summed E-state index contributed by atoms with van der Waals surface area (Å²) in [5, 5.41) is 10.4. The molecule has 3 aliphatic rings. The Morgan fingerprint density at radius 2 is 1.83 bits per heavy atom. The smallest absolute Gasteiger partial charge is 0.0900 e. The van der Waals surface area contributed by atoms with Crippen molar-refractivity contribution in [3.05, 3.63) is 0 Å². The molecule has 3 heteroatoms. The monoisotopic (exact) mass is 323 g/mol. The summed E-state index contributed by atoms with van der Waals surface area (Å²) in [7, 11) is 2.17. The van der Waals surface area contributed by atoms with Crippen LogP contribution >= 0.6 is 0 Å². The summed E-state index contributed by atoms with van der Waals surface area (Å²) in [4.78, 5) is 2.36. The van der Waals surface area contributed by atoms with E-state index < -0.39 is 0 Å². The molecule has 0 aliphatic heterocycles. The zero-order valence-electron chi connectivity index (χ0n) is 15.7. The van der Waals surface area contributed by atoms with E-state index in [1.54, 1.807) is 0 Å². The predicted octanol–water partition coefficient (Wildman–Crippen LogP) is 3.84. The highest BCUT2D eigenvalue weighted by Crippen LogP contribution is 2.66. The minimum Gasteiger partial charge on any atom is -0.389 e. The Kier molecular flexibility index (Phi) is 5.11. The van der Waals surface area contributed by atoms with Gasteiger partial charge in [-0.1, -0.05) is 40.0 Å². The molecule has 3 aliphatic carbocycles. The highest BCUT2D eigenvalue weighted by Gasteiger charge is 2.61. The van der Waals surface area contributed by atoms with Crippen molar-refractivity contribution in [2.45, 2.75) is 90.4 Å². The predicted molar refractivity (Wildman–Crippen MR) is 94.5 cm³/mol. The Morgan fingerprint density at radius 1 is 1.13 bits per heavy atom. The van der Waals surface area contributed by atoms with Gasteiger partial charge in [-0.05, 0) is 55.9 Å². The van der Waals surface area contributed by atoms with Crippen molar-refractivity contribution in [2.24, 2.45) is 16.7 Å². The van der Waals surface area contributed by atoms with Crippen LogP contribution in [0.1, 0.15) is 72.1 Å². The zero-order valence-corrected chi connectivity index (χ0v) is 15.7. The molecule has 4 unspecified atom stereocenters. The van der Waals surface area contributed by atoms with Crippen LogP contribution in [0.5, 0.6) is 0 Å². The number of nitrogens with zero attached hydrogens (tertiary/aromatic N) is 1. The van der Waals surface area contributed by atoms with Gasteiger partial charge in [0.15, 0.2) is 0 Å². The number of rotatable bonds is 6. The quantitative estimate of drug-likeness (QED) is 0.806. The van der Waals surface area contributed by atoms with Gasteiger partial charge < -0.3 is 14.7 Å². The molecule has 4 atom stereocenters. The second-order valence-electron chi connectivity index (χ2n) is 9.32. The number of ether oxygens (including phenoxy) is 1. The van der Waals surface area contributed by atoms with Gasteiger partial charge in [-0.3, -0.25) is 0 Å². The van der Waals surface area contributed by atoms with E-state index in [1.807, 2.05) is 0 Å². The molecule has 2 bridgehead atoms. The Bertz CT molecular complexity index is 404. The lowest BCUT2D eigenvalue weighted by Crippen LogP contribution is -2.42. The van der Waals surface area contributed by atoms with Crippen LogP contribution in [-0.4, -0.2) is 48.5 Å². The number of hydrogen-bond acceptors (Lipinski definition) is 3. The number of aliphatic hydroxyl groups excluding tert-OH is 1. The molecule has 3 fully saturated rings. The Morgan fingerprint density at radius 3 is 2.39 bits per heavy atom. The van der Waals surface area contributed by atoms with Crippen LogP contribution in [0, 0.1) is 16.7 Å². The molecule has 134 valence electrons.